The van der Waals surface area contributed by atoms with Gasteiger partial charge in [0.15, 0.2) is 0 Å². The molecule has 6 nitrogen and oxygen atoms in total. The number of nitrogens with zero attached hydrogens (tertiary/aromatic N) is 2. The lowest BCUT2D eigenvalue weighted by atomic mass is 10.1. The molecular formula is C25H28N2O4S2. The quantitative estimate of drug-likeness (QED) is 0.485. The summed E-state index contributed by atoms with van der Waals surface area (Å²) in [4.78, 5) is 17.8. The molecule has 4 rings (SSSR count). The molecule has 1 aromatic heterocycles. The number of carbonyl (C=O) groups excluding carboxylic acids is 1. The number of rotatable bonds is 8. The summed E-state index contributed by atoms with van der Waals surface area (Å²) >= 11 is 1.68. The van der Waals surface area contributed by atoms with Crippen molar-refractivity contribution in [2.75, 3.05) is 32.8 Å². The number of carbonyl (C=O) groups is 1. The van der Waals surface area contributed by atoms with Gasteiger partial charge in [0, 0.05) is 35.0 Å². The fourth-order valence-electron chi connectivity index (χ4n) is 3.81. The summed E-state index contributed by atoms with van der Waals surface area (Å²) < 4.78 is 32.4. The van der Waals surface area contributed by atoms with Gasteiger partial charge < -0.3 is 9.64 Å². The van der Waals surface area contributed by atoms with Gasteiger partial charge in [0.1, 0.15) is 0 Å². The average Bonchev–Trinajstić information content (AvgIpc) is 3.27. The molecule has 2 heterocycles. The van der Waals surface area contributed by atoms with Crippen molar-refractivity contribution < 1.29 is 17.9 Å². The summed E-state index contributed by atoms with van der Waals surface area (Å²) in [5.41, 5.74) is 1.65. The van der Waals surface area contributed by atoms with E-state index in [9.17, 15) is 13.2 Å². The Morgan fingerprint density at radius 1 is 1.00 bits per heavy atom. The number of hydrogen-bond acceptors (Lipinski definition) is 5. The van der Waals surface area contributed by atoms with Crippen LogP contribution in [0.3, 0.4) is 0 Å². The molecule has 0 spiro atoms. The number of ether oxygens (including phenoxy) is 1. The van der Waals surface area contributed by atoms with Crippen molar-refractivity contribution in [3.05, 3.63) is 87.6 Å². The highest BCUT2D eigenvalue weighted by Crippen LogP contribution is 2.21. The standard InChI is InChI=1S/C25H28N2O4S2/c1-20-7-10-23(32-20)19-26(14-13-21-5-3-2-4-6-21)25(28)22-8-11-24(12-9-22)33(29,30)27-15-17-31-18-16-27/h2-12H,13-19H2,1H3. The number of morpholine rings is 1. The summed E-state index contributed by atoms with van der Waals surface area (Å²) in [5.74, 6) is -0.104. The van der Waals surface area contributed by atoms with Gasteiger partial charge in [-0.2, -0.15) is 4.31 Å². The molecular weight excluding hydrogens is 456 g/mol. The molecule has 2 aromatic carbocycles. The van der Waals surface area contributed by atoms with Gasteiger partial charge >= 0.3 is 0 Å². The van der Waals surface area contributed by atoms with E-state index < -0.39 is 10.0 Å². The molecule has 8 heteroatoms. The first-order valence-electron chi connectivity index (χ1n) is 11.0. The normalized spacial score (nSPS) is 14.8. The first-order valence-corrected chi connectivity index (χ1v) is 13.3. The Hall–Kier alpha value is -2.52. The molecule has 0 bridgehead atoms. The van der Waals surface area contributed by atoms with Gasteiger partial charge in [0.2, 0.25) is 10.0 Å². The van der Waals surface area contributed by atoms with Gasteiger partial charge in [0.25, 0.3) is 5.91 Å². The van der Waals surface area contributed by atoms with Crippen LogP contribution in [0.1, 0.15) is 25.7 Å². The Morgan fingerprint density at radius 3 is 2.33 bits per heavy atom. The summed E-state index contributed by atoms with van der Waals surface area (Å²) in [7, 11) is -3.59. The molecule has 1 aliphatic rings. The van der Waals surface area contributed by atoms with Crippen LogP contribution in [0.4, 0.5) is 0 Å². The first-order chi connectivity index (χ1) is 15.9. The van der Waals surface area contributed by atoms with Crippen molar-refractivity contribution in [3.63, 3.8) is 0 Å². The van der Waals surface area contributed by atoms with Crippen LogP contribution >= 0.6 is 11.3 Å². The summed E-state index contributed by atoms with van der Waals surface area (Å²) in [6, 6.07) is 20.5. The van der Waals surface area contributed by atoms with E-state index in [0.29, 0.717) is 45.0 Å². The predicted octanol–water partition coefficient (Wildman–Crippen LogP) is 3.96. The van der Waals surface area contributed by atoms with Gasteiger partial charge in [-0.3, -0.25) is 4.79 Å². The van der Waals surface area contributed by atoms with Crippen LogP contribution in [-0.4, -0.2) is 56.4 Å². The lowest BCUT2D eigenvalue weighted by Gasteiger charge is -2.26. The highest BCUT2D eigenvalue weighted by atomic mass is 32.2. The van der Waals surface area contributed by atoms with Crippen molar-refractivity contribution in [1.82, 2.24) is 9.21 Å². The van der Waals surface area contributed by atoms with E-state index in [2.05, 4.69) is 31.2 Å². The van der Waals surface area contributed by atoms with Crippen molar-refractivity contribution in [2.24, 2.45) is 0 Å². The Labute approximate surface area is 199 Å². The van der Waals surface area contributed by atoms with Crippen LogP contribution < -0.4 is 0 Å². The second-order valence-corrected chi connectivity index (χ2v) is 11.3. The van der Waals surface area contributed by atoms with E-state index in [4.69, 9.17) is 4.74 Å². The SMILES string of the molecule is Cc1ccc(CN(CCc2ccccc2)C(=O)c2ccc(S(=O)(=O)N3CCOCC3)cc2)s1. The van der Waals surface area contributed by atoms with Crippen LogP contribution in [0, 0.1) is 6.92 Å². The van der Waals surface area contributed by atoms with Crippen LogP contribution in [0.25, 0.3) is 0 Å². The number of benzene rings is 2. The minimum atomic E-state index is -3.59. The van der Waals surface area contributed by atoms with Crippen LogP contribution in [0.15, 0.2) is 71.6 Å². The highest BCUT2D eigenvalue weighted by molar-refractivity contribution is 7.89. The van der Waals surface area contributed by atoms with Gasteiger partial charge in [-0.05, 0) is 55.3 Å². The smallest absolute Gasteiger partial charge is 0.254 e. The second-order valence-electron chi connectivity index (χ2n) is 8.02. The maximum Gasteiger partial charge on any atom is 0.254 e. The molecule has 1 amide bonds. The Bertz CT molecular complexity index is 1170. The molecule has 0 N–H and O–H groups in total. The fourth-order valence-corrected chi connectivity index (χ4v) is 6.12. The van der Waals surface area contributed by atoms with Crippen LogP contribution in [0.5, 0.6) is 0 Å². The Kier molecular flexibility index (Phi) is 7.60. The average molecular weight is 485 g/mol. The second kappa shape index (κ2) is 10.6. The van der Waals surface area contributed by atoms with E-state index in [1.807, 2.05) is 23.1 Å². The number of aryl methyl sites for hydroxylation is 1. The third kappa shape index (κ3) is 5.89. The van der Waals surface area contributed by atoms with Crippen molar-refractivity contribution in [3.8, 4) is 0 Å². The molecule has 0 atom stereocenters. The maximum absolute atomic E-state index is 13.4. The molecule has 174 valence electrons. The molecule has 0 saturated carbocycles. The fraction of sp³-hybridized carbons (Fsp3) is 0.320. The van der Waals surface area contributed by atoms with Crippen molar-refractivity contribution in [2.45, 2.75) is 24.8 Å². The molecule has 0 aliphatic carbocycles. The number of thiophene rings is 1. The molecule has 1 fully saturated rings. The zero-order valence-corrected chi connectivity index (χ0v) is 20.3. The van der Waals surface area contributed by atoms with E-state index in [1.54, 1.807) is 23.5 Å². The predicted molar refractivity (Wildman–Crippen MR) is 130 cm³/mol. The minimum absolute atomic E-state index is 0.104. The lowest BCUT2D eigenvalue weighted by Crippen LogP contribution is -2.40. The molecule has 0 unspecified atom stereocenters. The molecule has 1 aliphatic heterocycles. The Morgan fingerprint density at radius 2 is 1.70 bits per heavy atom. The van der Waals surface area contributed by atoms with Gasteiger partial charge in [0.05, 0.1) is 24.7 Å². The molecule has 33 heavy (non-hydrogen) atoms. The maximum atomic E-state index is 13.4. The lowest BCUT2D eigenvalue weighted by molar-refractivity contribution is 0.0730. The van der Waals surface area contributed by atoms with Gasteiger partial charge in [-0.1, -0.05) is 30.3 Å². The molecule has 1 saturated heterocycles. The van der Waals surface area contributed by atoms with Crippen molar-refractivity contribution >= 4 is 27.3 Å². The highest BCUT2D eigenvalue weighted by Gasteiger charge is 2.26. The topological polar surface area (TPSA) is 66.9 Å². The first kappa shape index (κ1) is 23.6. The third-order valence-corrected chi connectivity index (χ3v) is 8.55. The Balaban J connectivity index is 1.51. The van der Waals surface area contributed by atoms with Gasteiger partial charge in [-0.15, -0.1) is 11.3 Å². The van der Waals surface area contributed by atoms with E-state index in [0.717, 1.165) is 11.3 Å². The minimum Gasteiger partial charge on any atom is -0.379 e. The summed E-state index contributed by atoms with van der Waals surface area (Å²) in [6.07, 6.45) is 0.750. The van der Waals surface area contributed by atoms with E-state index in [1.165, 1.54) is 26.9 Å². The zero-order chi connectivity index (χ0) is 23.3. The van der Waals surface area contributed by atoms with Crippen molar-refractivity contribution in [1.29, 1.82) is 0 Å². The van der Waals surface area contributed by atoms with Crippen LogP contribution in [0.2, 0.25) is 0 Å². The van der Waals surface area contributed by atoms with E-state index in [-0.39, 0.29) is 10.8 Å². The molecule has 0 radical (unpaired) electrons. The largest absolute Gasteiger partial charge is 0.379 e. The number of amides is 1. The summed E-state index contributed by atoms with van der Waals surface area (Å²) in [6.45, 7) is 4.64. The third-order valence-electron chi connectivity index (χ3n) is 5.65. The van der Waals surface area contributed by atoms with Gasteiger partial charge in [-0.25, -0.2) is 8.42 Å². The number of hydrogen-bond donors (Lipinski definition) is 0. The van der Waals surface area contributed by atoms with Crippen LogP contribution in [-0.2, 0) is 27.7 Å². The zero-order valence-electron chi connectivity index (χ0n) is 18.6. The molecule has 3 aromatic rings. The number of sulfonamides is 1. The summed E-state index contributed by atoms with van der Waals surface area (Å²) in [5, 5.41) is 0. The van der Waals surface area contributed by atoms with E-state index >= 15 is 0 Å². The monoisotopic (exact) mass is 484 g/mol.